The maximum absolute atomic E-state index is 13.2. The fourth-order valence-electron chi connectivity index (χ4n) is 4.21. The molecule has 1 N–H and O–H groups in total. The molecule has 1 amide bonds. The Labute approximate surface area is 154 Å². The number of carbonyl (C=O) groups excluding carboxylic acids is 2. The average Bonchev–Trinajstić information content (AvgIpc) is 3.33. The van der Waals surface area contributed by atoms with Crippen LogP contribution < -0.4 is 5.32 Å². The molecule has 0 unspecified atom stereocenters. The molecule has 1 aromatic rings. The summed E-state index contributed by atoms with van der Waals surface area (Å²) in [4.78, 5) is 25.5. The molecule has 1 heterocycles. The molecule has 6 nitrogen and oxygen atoms in total. The Kier molecular flexibility index (Phi) is 4.76. The lowest BCUT2D eigenvalue weighted by Gasteiger charge is -2.37. The number of rotatable bonds is 5. The molecule has 138 valence electrons. The molecular formula is C20H26N3O3+. The summed E-state index contributed by atoms with van der Waals surface area (Å²) in [7, 11) is 2.16. The lowest BCUT2D eigenvalue weighted by atomic mass is 10.0. The van der Waals surface area contributed by atoms with E-state index in [2.05, 4.69) is 18.4 Å². The Morgan fingerprint density at radius 1 is 1.31 bits per heavy atom. The summed E-state index contributed by atoms with van der Waals surface area (Å²) in [6, 6.07) is 5.23. The maximum atomic E-state index is 13.2. The van der Waals surface area contributed by atoms with Crippen molar-refractivity contribution in [2.45, 2.75) is 45.1 Å². The van der Waals surface area contributed by atoms with Gasteiger partial charge in [0.15, 0.2) is 5.54 Å². The van der Waals surface area contributed by atoms with Crippen molar-refractivity contribution in [3.05, 3.63) is 28.8 Å². The van der Waals surface area contributed by atoms with Gasteiger partial charge in [0.25, 0.3) is 5.91 Å². The molecule has 2 aliphatic rings. The molecule has 0 bridgehead atoms. The second-order valence-corrected chi connectivity index (χ2v) is 7.58. The summed E-state index contributed by atoms with van der Waals surface area (Å²) in [5.41, 5.74) is 1.40. The van der Waals surface area contributed by atoms with Crippen molar-refractivity contribution < 1.29 is 18.8 Å². The smallest absolute Gasteiger partial charge is 0.340 e. The molecule has 1 saturated carbocycles. The van der Waals surface area contributed by atoms with Crippen LogP contribution in [0.5, 0.6) is 0 Å². The van der Waals surface area contributed by atoms with E-state index in [0.29, 0.717) is 16.8 Å². The summed E-state index contributed by atoms with van der Waals surface area (Å²) < 4.78 is 5.90. The highest BCUT2D eigenvalue weighted by Gasteiger charge is 2.64. The number of ether oxygens (including phenoxy) is 1. The van der Waals surface area contributed by atoms with E-state index in [9.17, 15) is 14.9 Å². The number of nitrogens with one attached hydrogen (secondary N) is 1. The van der Waals surface area contributed by atoms with Crippen LogP contribution in [0, 0.1) is 18.3 Å². The van der Waals surface area contributed by atoms with Crippen LogP contribution >= 0.6 is 0 Å². The van der Waals surface area contributed by atoms with Crippen molar-refractivity contribution in [2.24, 2.45) is 0 Å². The van der Waals surface area contributed by atoms with Crippen LogP contribution in [-0.2, 0) is 9.53 Å². The Hall–Kier alpha value is -2.39. The molecule has 6 heteroatoms. The zero-order valence-electron chi connectivity index (χ0n) is 15.7. The maximum Gasteiger partial charge on any atom is 0.340 e. The van der Waals surface area contributed by atoms with Crippen molar-refractivity contribution in [1.82, 2.24) is 0 Å². The second-order valence-electron chi connectivity index (χ2n) is 7.58. The number of hydrogen-bond donors (Lipinski definition) is 1. The van der Waals surface area contributed by atoms with Crippen LogP contribution in [0.2, 0.25) is 0 Å². The van der Waals surface area contributed by atoms with Gasteiger partial charge in [-0.25, -0.2) is 4.79 Å². The number of carbonyl (C=O) groups is 2. The zero-order valence-corrected chi connectivity index (χ0v) is 15.7. The van der Waals surface area contributed by atoms with Gasteiger partial charge in [0.1, 0.15) is 0 Å². The molecule has 1 aliphatic heterocycles. The van der Waals surface area contributed by atoms with Gasteiger partial charge in [0, 0.05) is 25.7 Å². The van der Waals surface area contributed by atoms with E-state index in [1.165, 1.54) is 6.07 Å². The van der Waals surface area contributed by atoms with E-state index >= 15 is 0 Å². The normalized spacial score (nSPS) is 19.5. The minimum atomic E-state index is -0.519. The summed E-state index contributed by atoms with van der Waals surface area (Å²) in [6.45, 7) is 5.80. The van der Waals surface area contributed by atoms with E-state index in [4.69, 9.17) is 4.74 Å². The number of likely N-dealkylation sites (N-methyl/N-ethyl adjacent to an activating group) is 1. The highest BCUT2D eigenvalue weighted by atomic mass is 16.5. The summed E-state index contributed by atoms with van der Waals surface area (Å²) in [5.74, 6) is -0.547. The number of benzene rings is 1. The molecule has 1 aromatic carbocycles. The SMILES string of the molecule is CCOC(=O)c1cc(C#N)cc(C)c1NC(=O)C1([N+]2(C)CCCC2)CC1. The van der Waals surface area contributed by atoms with Gasteiger partial charge in [0.2, 0.25) is 0 Å². The van der Waals surface area contributed by atoms with Gasteiger partial charge in [-0.15, -0.1) is 0 Å². The molecular weight excluding hydrogens is 330 g/mol. The Balaban J connectivity index is 1.93. The Morgan fingerprint density at radius 2 is 1.96 bits per heavy atom. The van der Waals surface area contributed by atoms with Gasteiger partial charge in [0.05, 0.1) is 49.6 Å². The van der Waals surface area contributed by atoms with E-state index in [1.54, 1.807) is 19.9 Å². The second kappa shape index (κ2) is 6.73. The largest absolute Gasteiger partial charge is 0.462 e. The number of aryl methyl sites for hydroxylation is 1. The van der Waals surface area contributed by atoms with E-state index < -0.39 is 5.97 Å². The van der Waals surface area contributed by atoms with Crippen LogP contribution in [0.15, 0.2) is 12.1 Å². The van der Waals surface area contributed by atoms with Crippen LogP contribution in [0.3, 0.4) is 0 Å². The van der Waals surface area contributed by atoms with Gasteiger partial charge >= 0.3 is 5.97 Å². The van der Waals surface area contributed by atoms with Crippen molar-refractivity contribution in [3.8, 4) is 6.07 Å². The Bertz CT molecular complexity index is 784. The van der Waals surface area contributed by atoms with Crippen LogP contribution in [0.1, 0.15) is 54.1 Å². The average molecular weight is 356 g/mol. The van der Waals surface area contributed by atoms with Crippen molar-refractivity contribution in [1.29, 1.82) is 5.26 Å². The third-order valence-electron chi connectivity index (χ3n) is 5.93. The Morgan fingerprint density at radius 3 is 2.50 bits per heavy atom. The van der Waals surface area contributed by atoms with Gasteiger partial charge in [-0.1, -0.05) is 0 Å². The van der Waals surface area contributed by atoms with Crippen molar-refractivity contribution >= 4 is 17.6 Å². The monoisotopic (exact) mass is 356 g/mol. The first-order valence-corrected chi connectivity index (χ1v) is 9.25. The minimum absolute atomic E-state index is 0.0275. The van der Waals surface area contributed by atoms with Gasteiger partial charge < -0.3 is 14.5 Å². The number of likely N-dealkylation sites (tertiary alicyclic amines) is 1. The fraction of sp³-hybridized carbons (Fsp3) is 0.550. The van der Waals surface area contributed by atoms with Crippen LogP contribution in [0.4, 0.5) is 5.69 Å². The van der Waals surface area contributed by atoms with E-state index in [1.807, 2.05) is 0 Å². The molecule has 0 aromatic heterocycles. The van der Waals surface area contributed by atoms with Gasteiger partial charge in [-0.05, 0) is 31.5 Å². The van der Waals surface area contributed by atoms with Crippen molar-refractivity contribution in [3.63, 3.8) is 0 Å². The number of nitrogens with zero attached hydrogens (tertiary/aromatic N) is 2. The zero-order chi connectivity index (χ0) is 18.9. The molecule has 0 radical (unpaired) electrons. The molecule has 2 fully saturated rings. The first kappa shape index (κ1) is 18.4. The van der Waals surface area contributed by atoms with E-state index in [-0.39, 0.29) is 23.6 Å². The number of quaternary nitrogens is 1. The minimum Gasteiger partial charge on any atom is -0.462 e. The number of amides is 1. The lowest BCUT2D eigenvalue weighted by Crippen LogP contribution is -2.57. The lowest BCUT2D eigenvalue weighted by molar-refractivity contribution is -0.923. The molecule has 0 atom stereocenters. The summed E-state index contributed by atoms with van der Waals surface area (Å²) in [6.07, 6.45) is 4.05. The first-order chi connectivity index (χ1) is 12.4. The standard InChI is InChI=1S/C20H25N3O3/c1-4-26-18(24)16-12-15(13-21)11-14(2)17(16)22-19(25)20(7-8-20)23(3)9-5-6-10-23/h11-12H,4-10H2,1-3H3/p+1. The molecule has 26 heavy (non-hydrogen) atoms. The fourth-order valence-corrected chi connectivity index (χ4v) is 4.21. The third kappa shape index (κ3) is 2.97. The summed E-state index contributed by atoms with van der Waals surface area (Å²) in [5, 5.41) is 12.2. The molecule has 1 aliphatic carbocycles. The highest BCUT2D eigenvalue weighted by molar-refractivity contribution is 6.06. The predicted octanol–water partition coefficient (Wildman–Crippen LogP) is 2.75. The van der Waals surface area contributed by atoms with Gasteiger partial charge in [-0.2, -0.15) is 5.26 Å². The summed E-state index contributed by atoms with van der Waals surface area (Å²) >= 11 is 0. The van der Waals surface area contributed by atoms with Crippen LogP contribution in [0.25, 0.3) is 0 Å². The quantitative estimate of drug-likeness (QED) is 0.650. The number of nitriles is 1. The third-order valence-corrected chi connectivity index (χ3v) is 5.93. The van der Waals surface area contributed by atoms with Crippen LogP contribution in [-0.4, -0.2) is 48.6 Å². The number of esters is 1. The topological polar surface area (TPSA) is 79.2 Å². The molecule has 3 rings (SSSR count). The molecule has 0 spiro atoms. The number of anilines is 1. The highest BCUT2D eigenvalue weighted by Crippen LogP contribution is 2.49. The number of hydrogen-bond acceptors (Lipinski definition) is 4. The van der Waals surface area contributed by atoms with Crippen molar-refractivity contribution in [2.75, 3.05) is 32.1 Å². The predicted molar refractivity (Wildman–Crippen MR) is 97.6 cm³/mol. The molecule has 1 saturated heterocycles. The van der Waals surface area contributed by atoms with E-state index in [0.717, 1.165) is 43.3 Å². The first-order valence-electron chi connectivity index (χ1n) is 9.25. The van der Waals surface area contributed by atoms with Gasteiger partial charge in [-0.3, -0.25) is 4.79 Å².